The van der Waals surface area contributed by atoms with Crippen LogP contribution in [-0.4, -0.2) is 6.54 Å². The molecule has 0 bridgehead atoms. The monoisotopic (exact) mass is 248 g/mol. The van der Waals surface area contributed by atoms with Gasteiger partial charge < -0.3 is 11.1 Å². The zero-order valence-corrected chi connectivity index (χ0v) is 10.1. The highest BCUT2D eigenvalue weighted by atomic mass is 32.1. The van der Waals surface area contributed by atoms with E-state index in [1.807, 2.05) is 6.07 Å². The summed E-state index contributed by atoms with van der Waals surface area (Å²) in [4.78, 5) is 1.27. The van der Waals surface area contributed by atoms with Gasteiger partial charge in [0.2, 0.25) is 0 Å². The van der Waals surface area contributed by atoms with Crippen LogP contribution in [0.1, 0.15) is 16.5 Å². The van der Waals surface area contributed by atoms with Crippen molar-refractivity contribution in [1.29, 1.82) is 0 Å². The van der Waals surface area contributed by atoms with E-state index in [9.17, 15) is 4.39 Å². The lowest BCUT2D eigenvalue weighted by Crippen LogP contribution is -2.32. The summed E-state index contributed by atoms with van der Waals surface area (Å²) in [5, 5.41) is 5.35. The molecule has 17 heavy (non-hydrogen) atoms. The summed E-state index contributed by atoms with van der Waals surface area (Å²) in [6.45, 7) is 1.65. The van der Waals surface area contributed by atoms with Gasteiger partial charge >= 0.3 is 0 Å². The predicted octanol–water partition coefficient (Wildman–Crippen LogP) is 2.66. The van der Waals surface area contributed by atoms with Crippen LogP contribution in [0, 0.1) is 5.82 Å². The molecule has 0 saturated heterocycles. The molecule has 1 aliphatic heterocycles. The highest BCUT2D eigenvalue weighted by Crippen LogP contribution is 2.36. The van der Waals surface area contributed by atoms with Crippen molar-refractivity contribution in [2.45, 2.75) is 12.6 Å². The fraction of sp³-hybridized carbons (Fsp3) is 0.231. The van der Waals surface area contributed by atoms with Gasteiger partial charge in [0.05, 0.1) is 0 Å². The van der Waals surface area contributed by atoms with Gasteiger partial charge in [0, 0.05) is 24.0 Å². The van der Waals surface area contributed by atoms with Gasteiger partial charge in [0.1, 0.15) is 5.82 Å². The molecule has 3 N–H and O–H groups in total. The minimum atomic E-state index is -0.204. The van der Waals surface area contributed by atoms with E-state index in [4.69, 9.17) is 5.73 Å². The van der Waals surface area contributed by atoms with Crippen molar-refractivity contribution in [3.8, 4) is 11.1 Å². The van der Waals surface area contributed by atoms with Crippen molar-refractivity contribution in [3.63, 3.8) is 0 Å². The summed E-state index contributed by atoms with van der Waals surface area (Å²) < 4.78 is 13.2. The van der Waals surface area contributed by atoms with Crippen LogP contribution < -0.4 is 11.1 Å². The molecule has 0 amide bonds. The van der Waals surface area contributed by atoms with E-state index in [-0.39, 0.29) is 11.9 Å². The number of fused-ring (bicyclic) bond motifs is 1. The van der Waals surface area contributed by atoms with Crippen LogP contribution in [-0.2, 0) is 6.54 Å². The lowest BCUT2D eigenvalue weighted by molar-refractivity contribution is 0.564. The zero-order valence-electron chi connectivity index (χ0n) is 9.24. The fourth-order valence-corrected chi connectivity index (χ4v) is 3.37. The maximum absolute atomic E-state index is 13.2. The highest BCUT2D eigenvalue weighted by molar-refractivity contribution is 7.10. The second-order valence-corrected chi connectivity index (χ2v) is 5.20. The molecule has 4 heteroatoms. The zero-order chi connectivity index (χ0) is 11.8. The lowest BCUT2D eigenvalue weighted by Gasteiger charge is -2.21. The van der Waals surface area contributed by atoms with Crippen molar-refractivity contribution in [2.24, 2.45) is 5.73 Å². The average molecular weight is 248 g/mol. The van der Waals surface area contributed by atoms with Crippen LogP contribution in [0.5, 0.6) is 0 Å². The second kappa shape index (κ2) is 4.22. The minimum absolute atomic E-state index is 0.00303. The molecule has 0 saturated carbocycles. The Labute approximate surface area is 103 Å². The Kier molecular flexibility index (Phi) is 2.70. The largest absolute Gasteiger partial charge is 0.323 e. The molecule has 1 atom stereocenters. The number of halogens is 1. The van der Waals surface area contributed by atoms with Crippen LogP contribution in [0.2, 0.25) is 0 Å². The number of thiophene rings is 1. The first-order valence-corrected chi connectivity index (χ1v) is 6.46. The van der Waals surface area contributed by atoms with E-state index < -0.39 is 0 Å². The molecule has 2 heterocycles. The summed E-state index contributed by atoms with van der Waals surface area (Å²) in [5.41, 5.74) is 9.30. The Morgan fingerprint density at radius 1 is 1.41 bits per heavy atom. The topological polar surface area (TPSA) is 38.0 Å². The SMILES string of the molecule is NC1CNCc2scc(-c3cccc(F)c3)c21. The first-order chi connectivity index (χ1) is 8.25. The molecule has 88 valence electrons. The van der Waals surface area contributed by atoms with E-state index in [1.165, 1.54) is 16.5 Å². The number of benzene rings is 1. The molecular formula is C13H13FN2S. The number of nitrogens with two attached hydrogens (primary N) is 1. The van der Waals surface area contributed by atoms with Crippen LogP contribution in [0.4, 0.5) is 4.39 Å². The Balaban J connectivity index is 2.13. The van der Waals surface area contributed by atoms with E-state index in [1.54, 1.807) is 23.5 Å². The Hall–Kier alpha value is -1.23. The van der Waals surface area contributed by atoms with Crippen molar-refractivity contribution >= 4 is 11.3 Å². The third kappa shape index (κ3) is 1.88. The minimum Gasteiger partial charge on any atom is -0.323 e. The maximum Gasteiger partial charge on any atom is 0.123 e. The fourth-order valence-electron chi connectivity index (χ4n) is 2.27. The normalized spacial score (nSPS) is 19.1. The van der Waals surface area contributed by atoms with E-state index in [0.29, 0.717) is 0 Å². The van der Waals surface area contributed by atoms with Gasteiger partial charge in [-0.3, -0.25) is 0 Å². The second-order valence-electron chi connectivity index (χ2n) is 4.23. The van der Waals surface area contributed by atoms with Crippen LogP contribution in [0.25, 0.3) is 11.1 Å². The summed E-state index contributed by atoms with van der Waals surface area (Å²) in [7, 11) is 0. The molecule has 1 aliphatic rings. The van der Waals surface area contributed by atoms with E-state index in [0.717, 1.165) is 24.2 Å². The molecule has 3 rings (SSSR count). The average Bonchev–Trinajstić information content (AvgIpc) is 2.74. The van der Waals surface area contributed by atoms with Gasteiger partial charge in [-0.15, -0.1) is 11.3 Å². The van der Waals surface area contributed by atoms with Gasteiger partial charge in [-0.2, -0.15) is 0 Å². The number of rotatable bonds is 1. The van der Waals surface area contributed by atoms with Crippen LogP contribution >= 0.6 is 11.3 Å². The summed E-state index contributed by atoms with van der Waals surface area (Å²) >= 11 is 1.69. The molecule has 0 aliphatic carbocycles. The van der Waals surface area contributed by atoms with E-state index in [2.05, 4.69) is 10.7 Å². The van der Waals surface area contributed by atoms with Crippen molar-refractivity contribution in [3.05, 3.63) is 45.9 Å². The Bertz CT molecular complexity index is 550. The quantitative estimate of drug-likeness (QED) is 0.814. The third-order valence-corrected chi connectivity index (χ3v) is 4.07. The molecule has 0 spiro atoms. The van der Waals surface area contributed by atoms with Crippen molar-refractivity contribution < 1.29 is 4.39 Å². The molecule has 1 aromatic heterocycles. The Morgan fingerprint density at radius 2 is 2.29 bits per heavy atom. The first-order valence-electron chi connectivity index (χ1n) is 5.58. The van der Waals surface area contributed by atoms with Crippen LogP contribution in [0.3, 0.4) is 0 Å². The number of nitrogens with one attached hydrogen (secondary N) is 1. The third-order valence-electron chi connectivity index (χ3n) is 3.07. The first kappa shape index (κ1) is 10.9. The van der Waals surface area contributed by atoms with E-state index >= 15 is 0 Å². The molecular weight excluding hydrogens is 235 g/mol. The van der Waals surface area contributed by atoms with Crippen molar-refractivity contribution in [1.82, 2.24) is 5.32 Å². The van der Waals surface area contributed by atoms with Crippen LogP contribution in [0.15, 0.2) is 29.6 Å². The van der Waals surface area contributed by atoms with Gasteiger partial charge in [0.15, 0.2) is 0 Å². The predicted molar refractivity (Wildman–Crippen MR) is 68.3 cm³/mol. The van der Waals surface area contributed by atoms with Gasteiger partial charge in [-0.05, 0) is 34.2 Å². The van der Waals surface area contributed by atoms with Crippen molar-refractivity contribution in [2.75, 3.05) is 6.54 Å². The maximum atomic E-state index is 13.2. The van der Waals surface area contributed by atoms with Gasteiger partial charge in [-0.25, -0.2) is 4.39 Å². The number of hydrogen-bond acceptors (Lipinski definition) is 3. The smallest absolute Gasteiger partial charge is 0.123 e. The molecule has 0 fully saturated rings. The molecule has 2 aromatic rings. The summed E-state index contributed by atoms with van der Waals surface area (Å²) in [5.74, 6) is -0.204. The lowest BCUT2D eigenvalue weighted by atomic mass is 9.95. The molecule has 2 nitrogen and oxygen atoms in total. The summed E-state index contributed by atoms with van der Waals surface area (Å²) in [6.07, 6.45) is 0. The van der Waals surface area contributed by atoms with Gasteiger partial charge in [0.25, 0.3) is 0 Å². The summed E-state index contributed by atoms with van der Waals surface area (Å²) in [6, 6.07) is 6.70. The highest BCUT2D eigenvalue weighted by Gasteiger charge is 2.22. The Morgan fingerprint density at radius 3 is 3.12 bits per heavy atom. The number of hydrogen-bond donors (Lipinski definition) is 2. The molecule has 1 unspecified atom stereocenters. The molecule has 0 radical (unpaired) electrons. The molecule has 1 aromatic carbocycles. The van der Waals surface area contributed by atoms with Gasteiger partial charge in [-0.1, -0.05) is 12.1 Å². The standard InChI is InChI=1S/C13H13FN2S/c14-9-3-1-2-8(4-9)10-7-17-12-6-16-5-11(15)13(10)12/h1-4,7,11,16H,5-6,15H2.